The molecule has 31 heavy (non-hydrogen) atoms. The number of aromatic nitrogens is 4. The van der Waals surface area contributed by atoms with E-state index in [2.05, 4.69) is 20.8 Å². The van der Waals surface area contributed by atoms with Crippen LogP contribution in [0.2, 0.25) is 10.0 Å². The van der Waals surface area contributed by atoms with Gasteiger partial charge in [-0.2, -0.15) is 0 Å². The van der Waals surface area contributed by atoms with Gasteiger partial charge in [0.25, 0.3) is 0 Å². The van der Waals surface area contributed by atoms with Crippen molar-refractivity contribution in [2.45, 2.75) is 68.1 Å². The van der Waals surface area contributed by atoms with Crippen molar-refractivity contribution in [2.24, 2.45) is 5.92 Å². The molecule has 1 aliphatic rings. The van der Waals surface area contributed by atoms with Gasteiger partial charge < -0.3 is 10.1 Å². The lowest BCUT2D eigenvalue weighted by Gasteiger charge is -2.22. The monoisotopic (exact) mass is 485 g/mol. The van der Waals surface area contributed by atoms with Gasteiger partial charge in [0.05, 0.1) is 27.6 Å². The number of halogens is 2. The fraction of sp³-hybridized carbons (Fsp3) is 0.550. The van der Waals surface area contributed by atoms with E-state index in [1.807, 2.05) is 6.92 Å². The number of ether oxygens (including phenoxy) is 1. The zero-order chi connectivity index (χ0) is 22.2. The third kappa shape index (κ3) is 6.82. The summed E-state index contributed by atoms with van der Waals surface area (Å²) in [7, 11) is 0. The maximum atomic E-state index is 12.8. The van der Waals surface area contributed by atoms with Crippen molar-refractivity contribution < 1.29 is 14.3 Å². The molecule has 1 aliphatic carbocycles. The number of nitrogens with one attached hydrogen (secondary N) is 1. The van der Waals surface area contributed by atoms with E-state index in [9.17, 15) is 9.59 Å². The summed E-state index contributed by atoms with van der Waals surface area (Å²) < 4.78 is 6.71. The molecule has 0 radical (unpaired) electrons. The number of amides is 1. The van der Waals surface area contributed by atoms with Gasteiger partial charge in [0, 0.05) is 0 Å². The zero-order valence-corrected chi connectivity index (χ0v) is 19.5. The molecule has 168 valence electrons. The lowest BCUT2D eigenvalue weighted by atomic mass is 9.90. The van der Waals surface area contributed by atoms with E-state index in [0.29, 0.717) is 39.0 Å². The summed E-state index contributed by atoms with van der Waals surface area (Å²) in [5.74, 6) is 0.184. The standard InChI is InChI=1S/C20H25Cl2N5O3S/c1-2-16(23-20(29)30-12-13-7-4-3-5-8-13)17(28)11-27-19(24-25-26-27)31-18-14(21)9-6-10-15(18)22/h6,9-10,13,16H,2-5,7-8,11-12H2,1H3,(H,23,29). The Hall–Kier alpha value is -1.84. The molecule has 2 aromatic rings. The van der Waals surface area contributed by atoms with Crippen LogP contribution in [0.25, 0.3) is 0 Å². The van der Waals surface area contributed by atoms with Gasteiger partial charge in [-0.25, -0.2) is 9.48 Å². The van der Waals surface area contributed by atoms with E-state index in [-0.39, 0.29) is 12.3 Å². The summed E-state index contributed by atoms with van der Waals surface area (Å²) in [6.07, 6.45) is 5.62. The summed E-state index contributed by atoms with van der Waals surface area (Å²) >= 11 is 13.6. The lowest BCUT2D eigenvalue weighted by Crippen LogP contribution is -2.42. The number of tetrazole rings is 1. The molecule has 0 spiro atoms. The Bertz CT molecular complexity index is 884. The molecule has 1 aromatic heterocycles. The summed E-state index contributed by atoms with van der Waals surface area (Å²) in [4.78, 5) is 25.6. The van der Waals surface area contributed by atoms with Crippen LogP contribution in [-0.4, -0.2) is 44.7 Å². The number of carbonyl (C=O) groups is 2. The molecule has 1 heterocycles. The molecule has 1 N–H and O–H groups in total. The molecule has 1 unspecified atom stereocenters. The SMILES string of the molecule is CCC(NC(=O)OCC1CCCCC1)C(=O)Cn1nnnc1Sc1c(Cl)cccc1Cl. The highest BCUT2D eigenvalue weighted by Gasteiger charge is 2.23. The Balaban J connectivity index is 1.56. The second-order valence-electron chi connectivity index (χ2n) is 7.45. The van der Waals surface area contributed by atoms with Gasteiger partial charge in [-0.3, -0.25) is 4.79 Å². The smallest absolute Gasteiger partial charge is 0.407 e. The third-order valence-electron chi connectivity index (χ3n) is 5.18. The average molecular weight is 486 g/mol. The molecule has 0 aliphatic heterocycles. The third-order valence-corrected chi connectivity index (χ3v) is 7.15. The van der Waals surface area contributed by atoms with Crippen LogP contribution in [0.5, 0.6) is 0 Å². The summed E-state index contributed by atoms with van der Waals surface area (Å²) in [6, 6.07) is 4.48. The number of Topliss-reactive ketones (excluding diaryl/α,β-unsaturated/α-hetero) is 1. The predicted molar refractivity (Wildman–Crippen MR) is 119 cm³/mol. The minimum absolute atomic E-state index is 0.0984. The summed E-state index contributed by atoms with van der Waals surface area (Å²) in [5, 5.41) is 15.5. The van der Waals surface area contributed by atoms with Gasteiger partial charge in [0.15, 0.2) is 5.78 Å². The van der Waals surface area contributed by atoms with Crippen molar-refractivity contribution in [3.8, 4) is 0 Å². The Morgan fingerprint density at radius 2 is 1.97 bits per heavy atom. The Kier molecular flexibility index (Phi) is 8.98. The molecule has 0 saturated heterocycles. The molecule has 1 amide bonds. The Morgan fingerprint density at radius 1 is 1.26 bits per heavy atom. The van der Waals surface area contributed by atoms with Crippen LogP contribution < -0.4 is 5.32 Å². The van der Waals surface area contributed by atoms with Crippen LogP contribution in [0.4, 0.5) is 4.79 Å². The molecule has 1 aromatic carbocycles. The maximum Gasteiger partial charge on any atom is 0.407 e. The molecule has 8 nitrogen and oxygen atoms in total. The molecular weight excluding hydrogens is 461 g/mol. The Morgan fingerprint density at radius 3 is 2.65 bits per heavy atom. The summed E-state index contributed by atoms with van der Waals surface area (Å²) in [6.45, 7) is 2.12. The van der Waals surface area contributed by atoms with Crippen LogP contribution in [0.1, 0.15) is 45.4 Å². The minimum Gasteiger partial charge on any atom is -0.449 e. The van der Waals surface area contributed by atoms with Crippen LogP contribution in [0.3, 0.4) is 0 Å². The summed E-state index contributed by atoms with van der Waals surface area (Å²) in [5.41, 5.74) is 0. The van der Waals surface area contributed by atoms with E-state index >= 15 is 0 Å². The normalized spacial score (nSPS) is 15.5. The van der Waals surface area contributed by atoms with E-state index in [0.717, 1.165) is 12.8 Å². The number of rotatable bonds is 9. The van der Waals surface area contributed by atoms with Crippen molar-refractivity contribution in [2.75, 3.05) is 6.61 Å². The molecule has 1 fully saturated rings. The van der Waals surface area contributed by atoms with Crippen molar-refractivity contribution >= 4 is 46.8 Å². The second-order valence-corrected chi connectivity index (χ2v) is 9.24. The largest absolute Gasteiger partial charge is 0.449 e. The number of benzene rings is 1. The number of alkyl carbamates (subject to hydrolysis) is 1. The highest BCUT2D eigenvalue weighted by atomic mass is 35.5. The van der Waals surface area contributed by atoms with Crippen molar-refractivity contribution in [3.05, 3.63) is 28.2 Å². The highest BCUT2D eigenvalue weighted by molar-refractivity contribution is 7.99. The quantitative estimate of drug-likeness (QED) is 0.544. The van der Waals surface area contributed by atoms with Crippen molar-refractivity contribution in [1.29, 1.82) is 0 Å². The first-order chi connectivity index (χ1) is 15.0. The number of ketones is 1. The van der Waals surface area contributed by atoms with Gasteiger partial charge in [-0.05, 0) is 59.5 Å². The Labute approximate surface area is 195 Å². The maximum absolute atomic E-state index is 12.8. The van der Waals surface area contributed by atoms with Gasteiger partial charge in [0.1, 0.15) is 6.54 Å². The zero-order valence-electron chi connectivity index (χ0n) is 17.2. The number of nitrogens with zero attached hydrogens (tertiary/aromatic N) is 4. The number of hydrogen-bond donors (Lipinski definition) is 1. The van der Waals surface area contributed by atoms with Crippen LogP contribution in [0.15, 0.2) is 28.3 Å². The molecule has 1 atom stereocenters. The topological polar surface area (TPSA) is 99.0 Å². The fourth-order valence-corrected chi connectivity index (χ4v) is 4.87. The second kappa shape index (κ2) is 11.7. The van der Waals surface area contributed by atoms with E-state index in [4.69, 9.17) is 27.9 Å². The fourth-order valence-electron chi connectivity index (χ4n) is 3.44. The average Bonchev–Trinajstić information content (AvgIpc) is 3.20. The first-order valence-electron chi connectivity index (χ1n) is 10.3. The van der Waals surface area contributed by atoms with Crippen LogP contribution in [0, 0.1) is 5.92 Å². The van der Waals surface area contributed by atoms with Gasteiger partial charge in [0.2, 0.25) is 5.16 Å². The molecule has 0 bridgehead atoms. The van der Waals surface area contributed by atoms with Crippen molar-refractivity contribution in [1.82, 2.24) is 25.5 Å². The molecular formula is C20H25Cl2N5O3S. The predicted octanol–water partition coefficient (Wildman–Crippen LogP) is 4.79. The molecule has 3 rings (SSSR count). The molecule has 11 heteroatoms. The van der Waals surface area contributed by atoms with Gasteiger partial charge in [-0.15, -0.1) is 5.10 Å². The number of carbonyl (C=O) groups excluding carboxylic acids is 2. The number of hydrogen-bond acceptors (Lipinski definition) is 7. The first-order valence-corrected chi connectivity index (χ1v) is 11.9. The van der Waals surface area contributed by atoms with E-state index in [1.54, 1.807) is 18.2 Å². The molecule has 1 saturated carbocycles. The minimum atomic E-state index is -0.690. The van der Waals surface area contributed by atoms with E-state index < -0.39 is 12.1 Å². The highest BCUT2D eigenvalue weighted by Crippen LogP contribution is 2.37. The van der Waals surface area contributed by atoms with Crippen LogP contribution >= 0.6 is 35.0 Å². The lowest BCUT2D eigenvalue weighted by molar-refractivity contribution is -0.122. The first kappa shape index (κ1) is 23.8. The van der Waals surface area contributed by atoms with Crippen molar-refractivity contribution in [3.63, 3.8) is 0 Å². The van der Waals surface area contributed by atoms with Crippen LogP contribution in [-0.2, 0) is 16.1 Å². The van der Waals surface area contributed by atoms with E-state index in [1.165, 1.54) is 35.7 Å². The van der Waals surface area contributed by atoms with Gasteiger partial charge >= 0.3 is 6.09 Å². The van der Waals surface area contributed by atoms with Gasteiger partial charge in [-0.1, -0.05) is 55.5 Å².